The van der Waals surface area contributed by atoms with Crippen molar-refractivity contribution in [3.63, 3.8) is 0 Å². The van der Waals surface area contributed by atoms with E-state index in [0.717, 1.165) is 24.0 Å². The van der Waals surface area contributed by atoms with Gasteiger partial charge in [-0.05, 0) is 35.1 Å². The maximum Gasteiger partial charge on any atom is 0.242 e. The highest BCUT2D eigenvalue weighted by Gasteiger charge is 2.51. The maximum absolute atomic E-state index is 12.7. The zero-order chi connectivity index (χ0) is 14.4. The van der Waals surface area contributed by atoms with Crippen LogP contribution in [-0.2, 0) is 27.8 Å². The predicted molar refractivity (Wildman–Crippen MR) is 78.8 cm³/mol. The van der Waals surface area contributed by atoms with Crippen LogP contribution in [0.15, 0.2) is 48.5 Å². The molecule has 0 radical (unpaired) electrons. The summed E-state index contributed by atoms with van der Waals surface area (Å²) in [5, 5.41) is 2.51. The van der Waals surface area contributed by atoms with Crippen LogP contribution in [0.25, 0.3) is 0 Å². The highest BCUT2D eigenvalue weighted by atomic mass is 16.2. The minimum atomic E-state index is -0.846. The SMILES string of the molecule is O=C1CC2(C(=O)N1)c1ccccc1CCc1ccccc12. The van der Waals surface area contributed by atoms with Crippen LogP contribution in [0.2, 0.25) is 0 Å². The third-order valence-electron chi connectivity index (χ3n) is 4.68. The molecular formula is C18H15NO2. The summed E-state index contributed by atoms with van der Waals surface area (Å²) in [6.07, 6.45) is 2.01. The van der Waals surface area contributed by atoms with Crippen LogP contribution in [-0.4, -0.2) is 11.8 Å². The van der Waals surface area contributed by atoms with Gasteiger partial charge in [0.2, 0.25) is 11.8 Å². The fourth-order valence-electron chi connectivity index (χ4n) is 3.76. The molecule has 104 valence electrons. The summed E-state index contributed by atoms with van der Waals surface area (Å²) in [4.78, 5) is 24.6. The van der Waals surface area contributed by atoms with Crippen LogP contribution in [0.4, 0.5) is 0 Å². The lowest BCUT2D eigenvalue weighted by Gasteiger charge is -2.28. The molecule has 3 heteroatoms. The van der Waals surface area contributed by atoms with E-state index in [1.807, 2.05) is 36.4 Å². The number of carbonyl (C=O) groups excluding carboxylic acids is 2. The molecule has 0 saturated carbocycles. The molecule has 0 atom stereocenters. The number of hydrogen-bond acceptors (Lipinski definition) is 2. The second kappa shape index (κ2) is 4.29. The van der Waals surface area contributed by atoms with Gasteiger partial charge in [-0.15, -0.1) is 0 Å². The summed E-state index contributed by atoms with van der Waals surface area (Å²) < 4.78 is 0. The molecule has 1 fully saturated rings. The summed E-state index contributed by atoms with van der Waals surface area (Å²) >= 11 is 0. The second-order valence-electron chi connectivity index (χ2n) is 5.77. The van der Waals surface area contributed by atoms with Gasteiger partial charge in [0.1, 0.15) is 5.41 Å². The molecule has 1 saturated heterocycles. The molecule has 1 heterocycles. The molecule has 1 spiro atoms. The molecule has 1 N–H and O–H groups in total. The van der Waals surface area contributed by atoms with Crippen LogP contribution < -0.4 is 5.32 Å². The number of amides is 2. The number of nitrogens with one attached hydrogen (secondary N) is 1. The molecule has 1 aliphatic carbocycles. The Labute approximate surface area is 123 Å². The van der Waals surface area contributed by atoms with Gasteiger partial charge in [-0.3, -0.25) is 14.9 Å². The largest absolute Gasteiger partial charge is 0.295 e. The first-order valence-electron chi connectivity index (χ1n) is 7.23. The number of hydrogen-bond donors (Lipinski definition) is 1. The number of carbonyl (C=O) groups is 2. The van der Waals surface area contributed by atoms with Gasteiger partial charge in [-0.1, -0.05) is 48.5 Å². The van der Waals surface area contributed by atoms with E-state index in [0.29, 0.717) is 0 Å². The van der Waals surface area contributed by atoms with E-state index in [1.165, 1.54) is 11.1 Å². The Morgan fingerprint density at radius 3 is 1.81 bits per heavy atom. The molecule has 0 aromatic heterocycles. The van der Waals surface area contributed by atoms with Gasteiger partial charge in [0.05, 0.1) is 0 Å². The van der Waals surface area contributed by atoms with Crippen molar-refractivity contribution < 1.29 is 9.59 Å². The van der Waals surface area contributed by atoms with E-state index in [-0.39, 0.29) is 18.2 Å². The lowest BCUT2D eigenvalue weighted by molar-refractivity contribution is -0.125. The number of aryl methyl sites for hydroxylation is 2. The van der Waals surface area contributed by atoms with Crippen LogP contribution in [0.5, 0.6) is 0 Å². The Morgan fingerprint density at radius 1 is 0.810 bits per heavy atom. The summed E-state index contributed by atoms with van der Waals surface area (Å²) in [5.41, 5.74) is 3.45. The van der Waals surface area contributed by atoms with Gasteiger partial charge in [0.25, 0.3) is 0 Å². The van der Waals surface area contributed by atoms with Crippen molar-refractivity contribution in [1.82, 2.24) is 5.32 Å². The number of rotatable bonds is 0. The fourth-order valence-corrected chi connectivity index (χ4v) is 3.76. The number of benzene rings is 2. The van der Waals surface area contributed by atoms with E-state index in [4.69, 9.17) is 0 Å². The molecule has 4 rings (SSSR count). The molecule has 2 aliphatic rings. The first-order chi connectivity index (χ1) is 10.2. The molecule has 2 aromatic carbocycles. The third kappa shape index (κ3) is 1.60. The fraction of sp³-hybridized carbons (Fsp3) is 0.222. The van der Waals surface area contributed by atoms with Crippen LogP contribution >= 0.6 is 0 Å². The average molecular weight is 277 g/mol. The highest BCUT2D eigenvalue weighted by molar-refractivity contribution is 6.11. The van der Waals surface area contributed by atoms with E-state index in [9.17, 15) is 9.59 Å². The summed E-state index contributed by atoms with van der Waals surface area (Å²) in [6.45, 7) is 0. The highest BCUT2D eigenvalue weighted by Crippen LogP contribution is 2.44. The first kappa shape index (κ1) is 12.3. The van der Waals surface area contributed by atoms with Gasteiger partial charge in [-0.2, -0.15) is 0 Å². The van der Waals surface area contributed by atoms with Crippen molar-refractivity contribution in [3.8, 4) is 0 Å². The molecular weight excluding hydrogens is 262 g/mol. The Bertz CT molecular complexity index is 716. The smallest absolute Gasteiger partial charge is 0.242 e. The molecule has 1 aliphatic heterocycles. The van der Waals surface area contributed by atoms with Gasteiger partial charge >= 0.3 is 0 Å². The Hall–Kier alpha value is -2.42. The average Bonchev–Trinajstić information content (AvgIpc) is 2.72. The normalized spacial score (nSPS) is 18.9. The van der Waals surface area contributed by atoms with E-state index < -0.39 is 5.41 Å². The zero-order valence-corrected chi connectivity index (χ0v) is 11.6. The van der Waals surface area contributed by atoms with Crippen molar-refractivity contribution in [3.05, 3.63) is 70.8 Å². The molecule has 21 heavy (non-hydrogen) atoms. The van der Waals surface area contributed by atoms with E-state index in [1.54, 1.807) is 0 Å². The van der Waals surface area contributed by atoms with Crippen molar-refractivity contribution in [2.75, 3.05) is 0 Å². The lowest BCUT2D eigenvalue weighted by atomic mass is 9.71. The second-order valence-corrected chi connectivity index (χ2v) is 5.77. The first-order valence-corrected chi connectivity index (χ1v) is 7.23. The van der Waals surface area contributed by atoms with Crippen molar-refractivity contribution in [1.29, 1.82) is 0 Å². The van der Waals surface area contributed by atoms with Gasteiger partial charge < -0.3 is 0 Å². The van der Waals surface area contributed by atoms with Crippen molar-refractivity contribution in [2.45, 2.75) is 24.7 Å². The van der Waals surface area contributed by atoms with E-state index in [2.05, 4.69) is 17.4 Å². The quantitative estimate of drug-likeness (QED) is 0.750. The van der Waals surface area contributed by atoms with Crippen molar-refractivity contribution >= 4 is 11.8 Å². The van der Waals surface area contributed by atoms with Gasteiger partial charge in [-0.25, -0.2) is 0 Å². The van der Waals surface area contributed by atoms with Crippen LogP contribution in [0.1, 0.15) is 28.7 Å². The van der Waals surface area contributed by atoms with Crippen LogP contribution in [0, 0.1) is 0 Å². The zero-order valence-electron chi connectivity index (χ0n) is 11.6. The minimum absolute atomic E-state index is 0.186. The predicted octanol–water partition coefficient (Wildman–Crippen LogP) is 2.12. The number of fused-ring (bicyclic) bond motifs is 4. The summed E-state index contributed by atoms with van der Waals surface area (Å²) in [6, 6.07) is 16.0. The molecule has 0 bridgehead atoms. The van der Waals surface area contributed by atoms with Crippen LogP contribution in [0.3, 0.4) is 0 Å². The topological polar surface area (TPSA) is 46.2 Å². The molecule has 2 amide bonds. The van der Waals surface area contributed by atoms with E-state index >= 15 is 0 Å². The maximum atomic E-state index is 12.7. The Kier molecular flexibility index (Phi) is 2.52. The molecule has 0 unspecified atom stereocenters. The summed E-state index contributed by atoms with van der Waals surface area (Å²) in [5.74, 6) is -0.374. The third-order valence-corrected chi connectivity index (χ3v) is 4.68. The molecule has 2 aromatic rings. The summed E-state index contributed by atoms with van der Waals surface area (Å²) in [7, 11) is 0. The lowest BCUT2D eigenvalue weighted by Crippen LogP contribution is -2.37. The molecule has 3 nitrogen and oxygen atoms in total. The van der Waals surface area contributed by atoms with Gasteiger partial charge in [0.15, 0.2) is 0 Å². The Morgan fingerprint density at radius 2 is 1.33 bits per heavy atom. The Balaban J connectivity index is 2.08. The van der Waals surface area contributed by atoms with Crippen molar-refractivity contribution in [2.24, 2.45) is 0 Å². The monoisotopic (exact) mass is 277 g/mol. The number of imide groups is 1. The standard InChI is InChI=1S/C18H15NO2/c20-16-11-18(17(21)19-16)14-7-3-1-5-12(14)9-10-13-6-2-4-8-15(13)18/h1-8H,9-11H2,(H,19,20,21). The van der Waals surface area contributed by atoms with Gasteiger partial charge in [0, 0.05) is 6.42 Å². The minimum Gasteiger partial charge on any atom is -0.295 e.